The minimum Gasteiger partial charge on any atom is -0.379 e. The van der Waals surface area contributed by atoms with E-state index in [0.29, 0.717) is 0 Å². The lowest BCUT2D eigenvalue weighted by Crippen LogP contribution is -2.48. The summed E-state index contributed by atoms with van der Waals surface area (Å²) >= 11 is 0. The number of nitrogens with zero attached hydrogens (tertiary/aromatic N) is 2. The van der Waals surface area contributed by atoms with Gasteiger partial charge in [-0.05, 0) is 32.6 Å². The Morgan fingerprint density at radius 3 is 2.42 bits per heavy atom. The lowest BCUT2D eigenvalue weighted by atomic mass is 9.96. The zero-order valence-electron chi connectivity index (χ0n) is 12.2. The Kier molecular flexibility index (Phi) is 5.45. The molecule has 0 aromatic carbocycles. The molecule has 2 amide bonds. The summed E-state index contributed by atoms with van der Waals surface area (Å²) in [5.41, 5.74) is 0. The van der Waals surface area contributed by atoms with Crippen molar-refractivity contribution in [1.29, 1.82) is 0 Å². The average Bonchev–Trinajstić information content (AvgIpc) is 2.40. The highest BCUT2D eigenvalue weighted by atomic mass is 16.5. The molecule has 0 aromatic heterocycles. The Bertz CT molecular complexity index is 282. The second kappa shape index (κ2) is 7.10. The van der Waals surface area contributed by atoms with Gasteiger partial charge in [-0.1, -0.05) is 0 Å². The molecule has 0 bridgehead atoms. The third kappa shape index (κ3) is 4.66. The van der Waals surface area contributed by atoms with E-state index in [2.05, 4.69) is 10.2 Å². The summed E-state index contributed by atoms with van der Waals surface area (Å²) in [5.74, 6) is 0.737. The predicted octanol–water partition coefficient (Wildman–Crippen LogP) is 1.15. The molecule has 0 saturated carbocycles. The van der Waals surface area contributed by atoms with E-state index < -0.39 is 0 Å². The van der Waals surface area contributed by atoms with Gasteiger partial charge in [0.05, 0.1) is 13.2 Å². The van der Waals surface area contributed by atoms with E-state index in [-0.39, 0.29) is 12.1 Å². The van der Waals surface area contributed by atoms with Gasteiger partial charge in [-0.15, -0.1) is 0 Å². The first-order valence-corrected chi connectivity index (χ1v) is 7.50. The van der Waals surface area contributed by atoms with Gasteiger partial charge in [-0.2, -0.15) is 0 Å². The van der Waals surface area contributed by atoms with Crippen molar-refractivity contribution in [2.75, 3.05) is 45.9 Å². The standard InChI is InChI=1S/C14H27N3O2/c1-12(2)15-14(18)17-5-3-13(4-6-17)11-16-7-9-19-10-8-16/h12-13H,3-11H2,1-2H3,(H,15,18). The van der Waals surface area contributed by atoms with Crippen molar-refractivity contribution in [2.45, 2.75) is 32.7 Å². The fourth-order valence-corrected chi connectivity index (χ4v) is 2.81. The van der Waals surface area contributed by atoms with Crippen LogP contribution in [0.5, 0.6) is 0 Å². The number of amides is 2. The number of urea groups is 1. The van der Waals surface area contributed by atoms with Crippen LogP contribution in [0.2, 0.25) is 0 Å². The highest BCUT2D eigenvalue weighted by Gasteiger charge is 2.24. The summed E-state index contributed by atoms with van der Waals surface area (Å²) < 4.78 is 5.37. The number of carbonyl (C=O) groups is 1. The van der Waals surface area contributed by atoms with Gasteiger partial charge >= 0.3 is 6.03 Å². The van der Waals surface area contributed by atoms with E-state index in [1.54, 1.807) is 0 Å². The third-order valence-corrected chi connectivity index (χ3v) is 3.93. The molecule has 2 aliphatic rings. The van der Waals surface area contributed by atoms with Crippen LogP contribution in [-0.4, -0.2) is 67.8 Å². The molecule has 0 atom stereocenters. The van der Waals surface area contributed by atoms with Crippen molar-refractivity contribution >= 4 is 6.03 Å². The minimum absolute atomic E-state index is 0.0971. The van der Waals surface area contributed by atoms with Crippen LogP contribution in [0.4, 0.5) is 4.79 Å². The van der Waals surface area contributed by atoms with Crippen molar-refractivity contribution in [3.05, 3.63) is 0 Å². The van der Waals surface area contributed by atoms with Crippen molar-refractivity contribution in [1.82, 2.24) is 15.1 Å². The number of hydrogen-bond donors (Lipinski definition) is 1. The van der Waals surface area contributed by atoms with Crippen LogP contribution >= 0.6 is 0 Å². The van der Waals surface area contributed by atoms with Crippen LogP contribution in [0.15, 0.2) is 0 Å². The van der Waals surface area contributed by atoms with E-state index >= 15 is 0 Å². The maximum absolute atomic E-state index is 11.9. The minimum atomic E-state index is 0.0971. The van der Waals surface area contributed by atoms with E-state index in [1.165, 1.54) is 6.54 Å². The fourth-order valence-electron chi connectivity index (χ4n) is 2.81. The second-order valence-electron chi connectivity index (χ2n) is 5.95. The quantitative estimate of drug-likeness (QED) is 0.836. The van der Waals surface area contributed by atoms with Crippen LogP contribution in [0.1, 0.15) is 26.7 Å². The number of morpholine rings is 1. The first-order valence-electron chi connectivity index (χ1n) is 7.50. The van der Waals surface area contributed by atoms with Gasteiger partial charge < -0.3 is 15.0 Å². The molecule has 2 heterocycles. The van der Waals surface area contributed by atoms with Crippen LogP contribution in [0.25, 0.3) is 0 Å². The summed E-state index contributed by atoms with van der Waals surface area (Å²) in [6.45, 7) is 10.8. The van der Waals surface area contributed by atoms with Crippen LogP contribution in [0, 0.1) is 5.92 Å². The number of ether oxygens (including phenoxy) is 1. The Hall–Kier alpha value is -0.810. The smallest absolute Gasteiger partial charge is 0.317 e. The molecule has 2 rings (SSSR count). The highest BCUT2D eigenvalue weighted by Crippen LogP contribution is 2.19. The molecule has 19 heavy (non-hydrogen) atoms. The summed E-state index contributed by atoms with van der Waals surface area (Å²) in [7, 11) is 0. The molecule has 0 radical (unpaired) electrons. The molecule has 0 aliphatic carbocycles. The van der Waals surface area contributed by atoms with E-state index in [0.717, 1.165) is 58.2 Å². The lowest BCUT2D eigenvalue weighted by molar-refractivity contribution is 0.0258. The third-order valence-electron chi connectivity index (χ3n) is 3.93. The molecule has 0 aromatic rings. The maximum atomic E-state index is 11.9. The van der Waals surface area contributed by atoms with Crippen LogP contribution in [0.3, 0.4) is 0 Å². The van der Waals surface area contributed by atoms with Crippen molar-refractivity contribution < 1.29 is 9.53 Å². The van der Waals surface area contributed by atoms with E-state index in [4.69, 9.17) is 4.74 Å². The summed E-state index contributed by atoms with van der Waals surface area (Å²) in [6, 6.07) is 0.318. The van der Waals surface area contributed by atoms with Crippen molar-refractivity contribution in [3.63, 3.8) is 0 Å². The zero-order valence-corrected chi connectivity index (χ0v) is 12.2. The second-order valence-corrected chi connectivity index (χ2v) is 5.95. The average molecular weight is 269 g/mol. The molecule has 5 heteroatoms. The first-order chi connectivity index (χ1) is 9.15. The number of likely N-dealkylation sites (tertiary alicyclic amines) is 1. The monoisotopic (exact) mass is 269 g/mol. The predicted molar refractivity (Wildman–Crippen MR) is 75.2 cm³/mol. The zero-order chi connectivity index (χ0) is 13.7. The molecular formula is C14H27N3O2. The summed E-state index contributed by atoms with van der Waals surface area (Å²) in [4.78, 5) is 16.3. The van der Waals surface area contributed by atoms with E-state index in [1.807, 2.05) is 18.7 Å². The molecule has 0 unspecified atom stereocenters. The number of piperidine rings is 1. The molecule has 0 spiro atoms. The molecule has 2 fully saturated rings. The highest BCUT2D eigenvalue weighted by molar-refractivity contribution is 5.74. The molecular weight excluding hydrogens is 242 g/mol. The van der Waals surface area contributed by atoms with Gasteiger partial charge in [0.1, 0.15) is 0 Å². The number of rotatable bonds is 3. The van der Waals surface area contributed by atoms with E-state index in [9.17, 15) is 4.79 Å². The Morgan fingerprint density at radius 1 is 1.21 bits per heavy atom. The molecule has 5 nitrogen and oxygen atoms in total. The molecule has 2 aliphatic heterocycles. The van der Waals surface area contributed by atoms with Gasteiger partial charge in [0.2, 0.25) is 0 Å². The summed E-state index contributed by atoms with van der Waals surface area (Å²) in [6.07, 6.45) is 2.26. The Morgan fingerprint density at radius 2 is 1.84 bits per heavy atom. The van der Waals surface area contributed by atoms with Gasteiger partial charge in [-0.25, -0.2) is 4.79 Å². The van der Waals surface area contributed by atoms with Crippen molar-refractivity contribution in [3.8, 4) is 0 Å². The lowest BCUT2D eigenvalue weighted by Gasteiger charge is -2.36. The Labute approximate surface area is 116 Å². The number of carbonyl (C=O) groups excluding carboxylic acids is 1. The maximum Gasteiger partial charge on any atom is 0.317 e. The first kappa shape index (κ1) is 14.6. The van der Waals surface area contributed by atoms with Crippen molar-refractivity contribution in [2.24, 2.45) is 5.92 Å². The summed E-state index contributed by atoms with van der Waals surface area (Å²) in [5, 5.41) is 2.97. The van der Waals surface area contributed by atoms with Gasteiger partial charge in [-0.3, -0.25) is 4.90 Å². The normalized spacial score (nSPS) is 22.8. The van der Waals surface area contributed by atoms with Crippen LogP contribution in [-0.2, 0) is 4.74 Å². The fraction of sp³-hybridized carbons (Fsp3) is 0.929. The van der Waals surface area contributed by atoms with Gasteiger partial charge in [0.25, 0.3) is 0 Å². The largest absolute Gasteiger partial charge is 0.379 e. The van der Waals surface area contributed by atoms with Crippen LogP contribution < -0.4 is 5.32 Å². The number of nitrogens with one attached hydrogen (secondary N) is 1. The topological polar surface area (TPSA) is 44.8 Å². The van der Waals surface area contributed by atoms with Gasteiger partial charge in [0, 0.05) is 38.8 Å². The molecule has 1 N–H and O–H groups in total. The molecule has 110 valence electrons. The Balaban J connectivity index is 1.68. The molecule has 2 saturated heterocycles. The number of hydrogen-bond acceptors (Lipinski definition) is 3. The SMILES string of the molecule is CC(C)NC(=O)N1CCC(CN2CCOCC2)CC1. The van der Waals surface area contributed by atoms with Gasteiger partial charge in [0.15, 0.2) is 0 Å².